The van der Waals surface area contributed by atoms with E-state index >= 15 is 0 Å². The van der Waals surface area contributed by atoms with Gasteiger partial charge in [0.15, 0.2) is 0 Å². The van der Waals surface area contributed by atoms with Crippen molar-refractivity contribution in [3.05, 3.63) is 63.2 Å². The van der Waals surface area contributed by atoms with E-state index < -0.39 is 10.8 Å². The number of anilines is 1. The molecule has 0 saturated heterocycles. The number of nitro groups is 1. The monoisotopic (exact) mass is 322 g/mol. The van der Waals surface area contributed by atoms with Crippen molar-refractivity contribution in [1.29, 1.82) is 0 Å². The fourth-order valence-electron chi connectivity index (χ4n) is 1.77. The molecule has 0 radical (unpaired) electrons. The van der Waals surface area contributed by atoms with Gasteiger partial charge in [-0.3, -0.25) is 14.9 Å². The molecule has 0 atom stereocenters. The Morgan fingerprint density at radius 2 is 1.95 bits per heavy atom. The van der Waals surface area contributed by atoms with Crippen molar-refractivity contribution in [2.24, 2.45) is 0 Å². The van der Waals surface area contributed by atoms with Crippen LogP contribution < -0.4 is 5.32 Å². The molecule has 0 aliphatic heterocycles. The lowest BCUT2D eigenvalue weighted by Crippen LogP contribution is -2.13. The van der Waals surface area contributed by atoms with Gasteiger partial charge in [0.25, 0.3) is 11.6 Å². The zero-order valence-electron chi connectivity index (χ0n) is 11.0. The summed E-state index contributed by atoms with van der Waals surface area (Å²) in [5.41, 5.74) is 0.418. The third-order valence-electron chi connectivity index (χ3n) is 2.77. The predicted molar refractivity (Wildman–Crippen MR) is 84.3 cm³/mol. The second-order valence-corrected chi connectivity index (χ2v) is 5.28. The van der Waals surface area contributed by atoms with Gasteiger partial charge in [-0.1, -0.05) is 29.8 Å². The number of benzene rings is 2. The Labute approximate surface area is 130 Å². The molecule has 2 rings (SSSR count). The summed E-state index contributed by atoms with van der Waals surface area (Å²) in [4.78, 5) is 23.4. The molecule has 0 aliphatic carbocycles. The maximum atomic E-state index is 12.3. The number of hydrogen-bond acceptors (Lipinski definition) is 4. The van der Waals surface area contributed by atoms with Gasteiger partial charge in [0.05, 0.1) is 16.2 Å². The van der Waals surface area contributed by atoms with Crippen molar-refractivity contribution in [3.63, 3.8) is 0 Å². The van der Waals surface area contributed by atoms with E-state index in [1.807, 2.05) is 18.4 Å². The van der Waals surface area contributed by atoms with Crippen LogP contribution in [0, 0.1) is 10.1 Å². The highest BCUT2D eigenvalue weighted by molar-refractivity contribution is 7.98. The average Bonchev–Trinajstić information content (AvgIpc) is 2.47. The number of nitro benzene ring substituents is 1. The molecule has 0 saturated carbocycles. The standard InChI is InChI=1S/C14H11ClN2O3S/c1-21-12-8-3-2-6-10(12)16-14(18)9-5-4-7-11(13(9)15)17(19)20/h2-8H,1H3,(H,16,18). The highest BCUT2D eigenvalue weighted by Gasteiger charge is 2.20. The van der Waals surface area contributed by atoms with Crippen molar-refractivity contribution in [2.75, 3.05) is 11.6 Å². The summed E-state index contributed by atoms with van der Waals surface area (Å²) in [6.07, 6.45) is 1.89. The highest BCUT2D eigenvalue weighted by atomic mass is 35.5. The van der Waals surface area contributed by atoms with E-state index in [9.17, 15) is 14.9 Å². The minimum absolute atomic E-state index is 0.0711. The number of hydrogen-bond donors (Lipinski definition) is 1. The lowest BCUT2D eigenvalue weighted by Gasteiger charge is -2.10. The smallest absolute Gasteiger partial charge is 0.288 e. The molecule has 0 bridgehead atoms. The van der Waals surface area contributed by atoms with Gasteiger partial charge in [-0.05, 0) is 24.5 Å². The second-order valence-electron chi connectivity index (χ2n) is 4.05. The third kappa shape index (κ3) is 3.34. The topological polar surface area (TPSA) is 72.2 Å². The molecule has 2 aromatic carbocycles. The van der Waals surface area contributed by atoms with Gasteiger partial charge >= 0.3 is 0 Å². The number of amides is 1. The number of rotatable bonds is 4. The van der Waals surface area contributed by atoms with Crippen LogP contribution in [0.15, 0.2) is 47.4 Å². The lowest BCUT2D eigenvalue weighted by atomic mass is 10.2. The van der Waals surface area contributed by atoms with E-state index in [1.54, 1.807) is 12.1 Å². The fourth-order valence-corrected chi connectivity index (χ4v) is 2.61. The van der Waals surface area contributed by atoms with E-state index in [2.05, 4.69) is 5.32 Å². The Kier molecular flexibility index (Phi) is 4.82. The molecule has 7 heteroatoms. The summed E-state index contributed by atoms with van der Waals surface area (Å²) in [7, 11) is 0. The maximum Gasteiger partial charge on any atom is 0.288 e. The van der Waals surface area contributed by atoms with Crippen LogP contribution in [0.4, 0.5) is 11.4 Å². The van der Waals surface area contributed by atoms with E-state index in [-0.39, 0.29) is 16.3 Å². The number of carbonyl (C=O) groups is 1. The summed E-state index contributed by atoms with van der Waals surface area (Å²) in [5, 5.41) is 13.4. The van der Waals surface area contributed by atoms with Crippen LogP contribution in [0.2, 0.25) is 5.02 Å². The first-order valence-electron chi connectivity index (χ1n) is 5.92. The van der Waals surface area contributed by atoms with Crippen LogP contribution in [-0.4, -0.2) is 17.1 Å². The summed E-state index contributed by atoms with van der Waals surface area (Å²) in [5.74, 6) is -0.481. The van der Waals surface area contributed by atoms with E-state index in [0.717, 1.165) is 4.90 Å². The summed E-state index contributed by atoms with van der Waals surface area (Å²) in [6.45, 7) is 0. The van der Waals surface area contributed by atoms with Crippen molar-refractivity contribution < 1.29 is 9.72 Å². The Morgan fingerprint density at radius 3 is 2.62 bits per heavy atom. The van der Waals surface area contributed by atoms with Crippen molar-refractivity contribution in [1.82, 2.24) is 0 Å². The molecule has 2 aromatic rings. The second kappa shape index (κ2) is 6.60. The molecule has 1 amide bonds. The van der Waals surface area contributed by atoms with Crippen LogP contribution in [-0.2, 0) is 0 Å². The van der Waals surface area contributed by atoms with Crippen LogP contribution in [0.5, 0.6) is 0 Å². The van der Waals surface area contributed by atoms with Crippen molar-refractivity contribution >= 4 is 40.6 Å². The average molecular weight is 323 g/mol. The summed E-state index contributed by atoms with van der Waals surface area (Å²) in [6, 6.07) is 11.4. The minimum atomic E-state index is -0.616. The van der Waals surface area contributed by atoms with Gasteiger partial charge in [0, 0.05) is 11.0 Å². The molecule has 0 unspecified atom stereocenters. The van der Waals surface area contributed by atoms with E-state index in [4.69, 9.17) is 11.6 Å². The fraction of sp³-hybridized carbons (Fsp3) is 0.0714. The van der Waals surface area contributed by atoms with Gasteiger partial charge in [0.1, 0.15) is 5.02 Å². The van der Waals surface area contributed by atoms with Gasteiger partial charge in [0.2, 0.25) is 0 Å². The molecule has 0 aliphatic rings. The Bertz CT molecular complexity index is 706. The van der Waals surface area contributed by atoms with Crippen molar-refractivity contribution in [2.45, 2.75) is 4.90 Å². The van der Waals surface area contributed by atoms with Gasteiger partial charge in [-0.15, -0.1) is 11.8 Å². The molecule has 108 valence electrons. The molecule has 21 heavy (non-hydrogen) atoms. The third-order valence-corrected chi connectivity index (χ3v) is 3.97. The van der Waals surface area contributed by atoms with Crippen LogP contribution >= 0.6 is 23.4 Å². The molecular formula is C14H11ClN2O3S. The number of halogens is 1. The first kappa shape index (κ1) is 15.3. The number of para-hydroxylation sites is 1. The first-order valence-corrected chi connectivity index (χ1v) is 7.52. The molecule has 1 N–H and O–H groups in total. The normalized spacial score (nSPS) is 10.2. The molecule has 0 spiro atoms. The van der Waals surface area contributed by atoms with E-state index in [1.165, 1.54) is 30.0 Å². The number of nitrogens with zero attached hydrogens (tertiary/aromatic N) is 1. The van der Waals surface area contributed by atoms with Crippen LogP contribution in [0.1, 0.15) is 10.4 Å². The number of carbonyl (C=O) groups excluding carboxylic acids is 1. The maximum absolute atomic E-state index is 12.3. The molecule has 0 aromatic heterocycles. The Hall–Kier alpha value is -2.05. The van der Waals surface area contributed by atoms with Gasteiger partial charge in [-0.25, -0.2) is 0 Å². The molecule has 0 heterocycles. The van der Waals surface area contributed by atoms with Crippen LogP contribution in [0.25, 0.3) is 0 Å². The summed E-state index contributed by atoms with van der Waals surface area (Å²) >= 11 is 7.42. The Balaban J connectivity index is 2.33. The SMILES string of the molecule is CSc1ccccc1NC(=O)c1cccc([N+](=O)[O-])c1Cl. The minimum Gasteiger partial charge on any atom is -0.321 e. The zero-order chi connectivity index (χ0) is 15.4. The van der Waals surface area contributed by atoms with Crippen LogP contribution in [0.3, 0.4) is 0 Å². The predicted octanol–water partition coefficient (Wildman–Crippen LogP) is 4.22. The lowest BCUT2D eigenvalue weighted by molar-refractivity contribution is -0.384. The highest BCUT2D eigenvalue weighted by Crippen LogP contribution is 2.30. The molecule has 0 fully saturated rings. The molecular weight excluding hydrogens is 312 g/mol. The van der Waals surface area contributed by atoms with Gasteiger partial charge < -0.3 is 5.32 Å². The van der Waals surface area contributed by atoms with Crippen molar-refractivity contribution in [3.8, 4) is 0 Å². The number of thioether (sulfide) groups is 1. The summed E-state index contributed by atoms with van der Waals surface area (Å²) < 4.78 is 0. The first-order chi connectivity index (χ1) is 10.0. The zero-order valence-corrected chi connectivity index (χ0v) is 12.6. The quantitative estimate of drug-likeness (QED) is 0.519. The van der Waals surface area contributed by atoms with Gasteiger partial charge in [-0.2, -0.15) is 0 Å². The number of nitrogens with one attached hydrogen (secondary N) is 1. The Morgan fingerprint density at radius 1 is 1.24 bits per heavy atom. The molecule has 5 nitrogen and oxygen atoms in total. The van der Waals surface area contributed by atoms with E-state index in [0.29, 0.717) is 5.69 Å². The largest absolute Gasteiger partial charge is 0.321 e.